The molecule has 2 rings (SSSR count). The Kier molecular flexibility index (Phi) is 5.09. The highest BCUT2D eigenvalue weighted by Crippen LogP contribution is 2.22. The van der Waals surface area contributed by atoms with Crippen molar-refractivity contribution in [2.45, 2.75) is 25.0 Å². The number of nitrogens with zero attached hydrogens (tertiary/aromatic N) is 3. The number of hydrogen-bond acceptors (Lipinski definition) is 6. The van der Waals surface area contributed by atoms with Crippen molar-refractivity contribution in [3.63, 3.8) is 0 Å². The van der Waals surface area contributed by atoms with Gasteiger partial charge in [-0.3, -0.25) is 4.79 Å². The van der Waals surface area contributed by atoms with E-state index in [1.54, 1.807) is 10.3 Å². The van der Waals surface area contributed by atoms with Crippen LogP contribution in [0.3, 0.4) is 0 Å². The van der Waals surface area contributed by atoms with E-state index in [9.17, 15) is 9.90 Å². The van der Waals surface area contributed by atoms with Crippen LogP contribution in [-0.2, 0) is 6.42 Å². The normalized spacial score (nSPS) is 22.8. The van der Waals surface area contributed by atoms with Gasteiger partial charge in [-0.25, -0.2) is 4.98 Å². The second-order valence-corrected chi connectivity index (χ2v) is 6.37. The summed E-state index contributed by atoms with van der Waals surface area (Å²) in [7, 11) is 3.94. The summed E-state index contributed by atoms with van der Waals surface area (Å²) in [5, 5.41) is 12.5. The summed E-state index contributed by atoms with van der Waals surface area (Å²) in [6, 6.07) is 0.0483. The van der Waals surface area contributed by atoms with Crippen LogP contribution in [0.5, 0.6) is 0 Å². The van der Waals surface area contributed by atoms with Crippen LogP contribution in [0, 0.1) is 0 Å². The fraction of sp³-hybridized carbons (Fsp3) is 0.692. The van der Waals surface area contributed by atoms with Gasteiger partial charge in [0.2, 0.25) is 0 Å². The maximum Gasteiger partial charge on any atom is 0.273 e. The van der Waals surface area contributed by atoms with Gasteiger partial charge in [0, 0.05) is 30.9 Å². The minimum Gasteiger partial charge on any atom is -0.391 e. The van der Waals surface area contributed by atoms with Gasteiger partial charge in [-0.15, -0.1) is 11.3 Å². The number of likely N-dealkylation sites (N-methyl/N-ethyl adjacent to an activating group) is 1. The summed E-state index contributed by atoms with van der Waals surface area (Å²) in [4.78, 5) is 20.6. The SMILES string of the molecule is CN(C)CC1CC(O)CN1C(=O)c1csc(CCN)n1. The van der Waals surface area contributed by atoms with Gasteiger partial charge in [-0.2, -0.15) is 0 Å². The van der Waals surface area contributed by atoms with Crippen molar-refractivity contribution in [3.8, 4) is 0 Å². The molecule has 1 aromatic heterocycles. The summed E-state index contributed by atoms with van der Waals surface area (Å²) < 4.78 is 0. The largest absolute Gasteiger partial charge is 0.391 e. The summed E-state index contributed by atoms with van der Waals surface area (Å²) >= 11 is 1.47. The smallest absolute Gasteiger partial charge is 0.273 e. The van der Waals surface area contributed by atoms with E-state index >= 15 is 0 Å². The average Bonchev–Trinajstić information content (AvgIpc) is 2.95. The van der Waals surface area contributed by atoms with E-state index in [0.717, 1.165) is 11.6 Å². The fourth-order valence-electron chi connectivity index (χ4n) is 2.53. The van der Waals surface area contributed by atoms with Crippen molar-refractivity contribution in [3.05, 3.63) is 16.1 Å². The number of aromatic nitrogens is 1. The molecular formula is C13H22N4O2S. The molecule has 1 aromatic rings. The van der Waals surface area contributed by atoms with Crippen molar-refractivity contribution >= 4 is 17.2 Å². The number of likely N-dealkylation sites (tertiary alicyclic amines) is 1. The molecule has 3 N–H and O–H groups in total. The van der Waals surface area contributed by atoms with Crippen LogP contribution in [0.2, 0.25) is 0 Å². The molecular weight excluding hydrogens is 276 g/mol. The van der Waals surface area contributed by atoms with Gasteiger partial charge in [-0.05, 0) is 27.1 Å². The molecule has 0 radical (unpaired) electrons. The molecule has 0 bridgehead atoms. The monoisotopic (exact) mass is 298 g/mol. The number of rotatable bonds is 5. The summed E-state index contributed by atoms with van der Waals surface area (Å²) in [6.07, 6.45) is 0.886. The zero-order valence-corrected chi connectivity index (χ0v) is 12.8. The van der Waals surface area contributed by atoms with Crippen LogP contribution in [0.4, 0.5) is 0 Å². The first kappa shape index (κ1) is 15.4. The van der Waals surface area contributed by atoms with Crippen LogP contribution in [0.1, 0.15) is 21.9 Å². The molecule has 0 spiro atoms. The predicted octanol–water partition coefficient (Wildman–Crippen LogP) is -0.219. The second-order valence-electron chi connectivity index (χ2n) is 5.43. The minimum atomic E-state index is -0.439. The molecule has 2 atom stereocenters. The molecule has 0 saturated carbocycles. The zero-order valence-electron chi connectivity index (χ0n) is 12.0. The molecule has 1 aliphatic heterocycles. The molecule has 112 valence electrons. The van der Waals surface area contributed by atoms with Gasteiger partial charge < -0.3 is 20.6 Å². The first-order valence-electron chi connectivity index (χ1n) is 6.79. The van der Waals surface area contributed by atoms with Crippen LogP contribution in [0.15, 0.2) is 5.38 Å². The zero-order chi connectivity index (χ0) is 14.7. The highest BCUT2D eigenvalue weighted by Gasteiger charge is 2.35. The highest BCUT2D eigenvalue weighted by atomic mass is 32.1. The molecule has 20 heavy (non-hydrogen) atoms. The van der Waals surface area contributed by atoms with E-state index in [4.69, 9.17) is 5.73 Å². The Morgan fingerprint density at radius 3 is 3.05 bits per heavy atom. The summed E-state index contributed by atoms with van der Waals surface area (Å²) in [6.45, 7) is 1.68. The number of hydrogen-bond donors (Lipinski definition) is 2. The van der Waals surface area contributed by atoms with E-state index in [1.165, 1.54) is 11.3 Å². The van der Waals surface area contributed by atoms with E-state index in [2.05, 4.69) is 4.98 Å². The molecule has 1 aliphatic rings. The summed E-state index contributed by atoms with van der Waals surface area (Å²) in [5.74, 6) is -0.0899. The molecule has 6 nitrogen and oxygen atoms in total. The highest BCUT2D eigenvalue weighted by molar-refractivity contribution is 7.09. The van der Waals surface area contributed by atoms with E-state index < -0.39 is 6.10 Å². The number of amides is 1. The number of aliphatic hydroxyl groups is 1. The molecule has 1 amide bonds. The number of aliphatic hydroxyl groups excluding tert-OH is 1. The molecule has 2 heterocycles. The Morgan fingerprint density at radius 1 is 1.65 bits per heavy atom. The maximum atomic E-state index is 12.5. The fourth-order valence-corrected chi connectivity index (χ4v) is 3.32. The lowest BCUT2D eigenvalue weighted by atomic mass is 10.2. The van der Waals surface area contributed by atoms with Crippen LogP contribution < -0.4 is 5.73 Å². The van der Waals surface area contributed by atoms with Crippen molar-refractivity contribution in [1.29, 1.82) is 0 Å². The van der Waals surface area contributed by atoms with E-state index in [-0.39, 0.29) is 11.9 Å². The number of nitrogens with two attached hydrogens (primary N) is 1. The van der Waals surface area contributed by atoms with Gasteiger partial charge >= 0.3 is 0 Å². The topological polar surface area (TPSA) is 82.7 Å². The van der Waals surface area contributed by atoms with Crippen molar-refractivity contribution in [2.75, 3.05) is 33.7 Å². The molecule has 1 saturated heterocycles. The number of carbonyl (C=O) groups is 1. The first-order valence-corrected chi connectivity index (χ1v) is 7.67. The second kappa shape index (κ2) is 6.62. The molecule has 1 fully saturated rings. The van der Waals surface area contributed by atoms with Gasteiger partial charge in [0.1, 0.15) is 5.69 Å². The average molecular weight is 298 g/mol. The maximum absolute atomic E-state index is 12.5. The van der Waals surface area contributed by atoms with Crippen molar-refractivity contribution in [1.82, 2.24) is 14.8 Å². The number of β-amino-alcohol motifs (C(OH)–C–C–N with tert-alkyl or cyclic N) is 1. The third kappa shape index (κ3) is 3.54. The van der Waals surface area contributed by atoms with Crippen LogP contribution in [0.25, 0.3) is 0 Å². The van der Waals surface area contributed by atoms with E-state index in [1.807, 2.05) is 19.0 Å². The molecule has 7 heteroatoms. The Morgan fingerprint density at radius 2 is 2.40 bits per heavy atom. The van der Waals surface area contributed by atoms with Gasteiger partial charge in [-0.1, -0.05) is 0 Å². The molecule has 0 aromatic carbocycles. The predicted molar refractivity (Wildman–Crippen MR) is 78.9 cm³/mol. The van der Waals surface area contributed by atoms with Crippen molar-refractivity contribution in [2.24, 2.45) is 5.73 Å². The number of thiazole rings is 1. The Labute approximate surface area is 123 Å². The molecule has 2 unspecified atom stereocenters. The lowest BCUT2D eigenvalue weighted by Crippen LogP contribution is -2.41. The van der Waals surface area contributed by atoms with Crippen molar-refractivity contribution < 1.29 is 9.90 Å². The minimum absolute atomic E-state index is 0.0483. The Balaban J connectivity index is 2.09. The third-order valence-corrected chi connectivity index (χ3v) is 4.27. The van der Waals surface area contributed by atoms with Gasteiger partial charge in [0.05, 0.1) is 11.1 Å². The van der Waals surface area contributed by atoms with Crippen LogP contribution in [-0.4, -0.2) is 71.7 Å². The Hall–Kier alpha value is -1.02. The van der Waals surface area contributed by atoms with Crippen LogP contribution >= 0.6 is 11.3 Å². The summed E-state index contributed by atoms with van der Waals surface area (Å²) in [5.41, 5.74) is 5.96. The Bertz CT molecular complexity index is 463. The third-order valence-electron chi connectivity index (χ3n) is 3.36. The van der Waals surface area contributed by atoms with Gasteiger partial charge in [0.15, 0.2) is 0 Å². The lowest BCUT2D eigenvalue weighted by Gasteiger charge is -2.26. The quantitative estimate of drug-likeness (QED) is 0.785. The molecule has 0 aliphatic carbocycles. The number of carbonyl (C=O) groups excluding carboxylic acids is 1. The van der Waals surface area contributed by atoms with E-state index in [0.29, 0.717) is 31.6 Å². The lowest BCUT2D eigenvalue weighted by molar-refractivity contribution is 0.0694. The standard InChI is InChI=1S/C13H22N4O2S/c1-16(2)6-9-5-10(18)7-17(9)13(19)11-8-20-12(15-11)3-4-14/h8-10,18H,3-7,14H2,1-2H3. The van der Waals surface area contributed by atoms with Gasteiger partial charge in [0.25, 0.3) is 5.91 Å². The first-order chi connectivity index (χ1) is 9.51.